The summed E-state index contributed by atoms with van der Waals surface area (Å²) in [5, 5.41) is 3.48. The van der Waals surface area contributed by atoms with Gasteiger partial charge in [-0.05, 0) is 42.5 Å². The monoisotopic (exact) mass is 241 g/mol. The summed E-state index contributed by atoms with van der Waals surface area (Å²) < 4.78 is 13.6. The Bertz CT molecular complexity index is 518. The van der Waals surface area contributed by atoms with Crippen LogP contribution in [-0.2, 0) is 0 Å². The van der Waals surface area contributed by atoms with Crippen LogP contribution in [0.5, 0.6) is 0 Å². The first-order valence-corrected chi connectivity index (χ1v) is 6.39. The van der Waals surface area contributed by atoms with Crippen molar-refractivity contribution in [3.8, 4) is 0 Å². The minimum absolute atomic E-state index is 0.0688. The summed E-state index contributed by atoms with van der Waals surface area (Å²) >= 11 is 0. The first-order chi connectivity index (χ1) is 8.83. The zero-order valence-corrected chi connectivity index (χ0v) is 10.1. The van der Waals surface area contributed by atoms with Crippen LogP contribution >= 0.6 is 0 Å². The quantitative estimate of drug-likeness (QED) is 0.849. The number of hydrogen-bond acceptors (Lipinski definition) is 1. The smallest absolute Gasteiger partial charge is 0.126 e. The summed E-state index contributed by atoms with van der Waals surface area (Å²) in [5.74, 6) is 0.299. The lowest BCUT2D eigenvalue weighted by atomic mass is 9.75. The fourth-order valence-corrected chi connectivity index (χ4v) is 2.57. The van der Waals surface area contributed by atoms with Gasteiger partial charge in [-0.25, -0.2) is 4.39 Å². The molecule has 18 heavy (non-hydrogen) atoms. The van der Waals surface area contributed by atoms with E-state index in [-0.39, 0.29) is 5.82 Å². The van der Waals surface area contributed by atoms with Gasteiger partial charge in [-0.2, -0.15) is 0 Å². The van der Waals surface area contributed by atoms with Gasteiger partial charge in [0.15, 0.2) is 0 Å². The molecule has 0 unspecified atom stereocenters. The minimum Gasteiger partial charge on any atom is -0.382 e. The molecule has 0 saturated heterocycles. The number of halogens is 1. The van der Waals surface area contributed by atoms with E-state index in [1.165, 1.54) is 0 Å². The van der Waals surface area contributed by atoms with Crippen molar-refractivity contribution < 1.29 is 4.39 Å². The van der Waals surface area contributed by atoms with Crippen LogP contribution in [0.4, 0.5) is 10.1 Å². The van der Waals surface area contributed by atoms with Crippen molar-refractivity contribution >= 4 is 5.69 Å². The van der Waals surface area contributed by atoms with Gasteiger partial charge in [0, 0.05) is 11.7 Å². The molecule has 0 atom stereocenters. The number of para-hydroxylation sites is 1. The van der Waals surface area contributed by atoms with E-state index in [1.807, 2.05) is 30.3 Å². The summed E-state index contributed by atoms with van der Waals surface area (Å²) in [6, 6.07) is 17.8. The van der Waals surface area contributed by atoms with E-state index >= 15 is 0 Å². The summed E-state index contributed by atoms with van der Waals surface area (Å²) in [5.41, 5.74) is 2.01. The molecule has 0 aliphatic heterocycles. The third kappa shape index (κ3) is 2.23. The maximum atomic E-state index is 13.6. The predicted molar refractivity (Wildman–Crippen MR) is 72.2 cm³/mol. The highest BCUT2D eigenvalue weighted by molar-refractivity contribution is 5.44. The Morgan fingerprint density at radius 2 is 1.56 bits per heavy atom. The highest BCUT2D eigenvalue weighted by atomic mass is 19.1. The van der Waals surface area contributed by atoms with E-state index in [9.17, 15) is 4.39 Å². The van der Waals surface area contributed by atoms with Crippen molar-refractivity contribution in [3.05, 3.63) is 66.0 Å². The van der Waals surface area contributed by atoms with Gasteiger partial charge in [-0.1, -0.05) is 36.4 Å². The molecule has 0 heterocycles. The first-order valence-electron chi connectivity index (χ1n) is 6.39. The molecule has 0 radical (unpaired) electrons. The molecular weight excluding hydrogens is 225 g/mol. The van der Waals surface area contributed by atoms with E-state index in [1.54, 1.807) is 12.1 Å². The van der Waals surface area contributed by atoms with Crippen LogP contribution in [0.15, 0.2) is 54.6 Å². The Labute approximate surface area is 107 Å². The van der Waals surface area contributed by atoms with Crippen LogP contribution in [0.2, 0.25) is 0 Å². The minimum atomic E-state index is -0.0688. The molecule has 92 valence electrons. The zero-order chi connectivity index (χ0) is 12.4. The maximum Gasteiger partial charge on any atom is 0.126 e. The highest BCUT2D eigenvalue weighted by Gasteiger charge is 2.31. The second-order valence-electron chi connectivity index (χ2n) is 4.90. The van der Waals surface area contributed by atoms with Gasteiger partial charge in [0.2, 0.25) is 0 Å². The second kappa shape index (κ2) is 4.81. The van der Waals surface area contributed by atoms with Crippen LogP contribution in [0.1, 0.15) is 24.3 Å². The van der Waals surface area contributed by atoms with Gasteiger partial charge >= 0.3 is 0 Å². The Hall–Kier alpha value is -1.83. The standard InChI is InChI=1S/C16H16FN/c17-16-9-5-4-8-15(16)12-10-14(11-12)18-13-6-2-1-3-7-13/h1-9,12,14,18H,10-11H2. The van der Waals surface area contributed by atoms with Gasteiger partial charge in [0.1, 0.15) is 5.82 Å². The van der Waals surface area contributed by atoms with E-state index in [4.69, 9.17) is 0 Å². The predicted octanol–water partition coefficient (Wildman–Crippen LogP) is 4.18. The molecule has 1 nitrogen and oxygen atoms in total. The summed E-state index contributed by atoms with van der Waals surface area (Å²) in [7, 11) is 0. The van der Waals surface area contributed by atoms with Gasteiger partial charge in [-0.3, -0.25) is 0 Å². The number of rotatable bonds is 3. The Kier molecular flexibility index (Phi) is 3.01. The van der Waals surface area contributed by atoms with Crippen LogP contribution in [0, 0.1) is 5.82 Å². The van der Waals surface area contributed by atoms with Gasteiger partial charge in [0.25, 0.3) is 0 Å². The summed E-state index contributed by atoms with van der Waals surface area (Å²) in [6.45, 7) is 0. The normalized spacial score (nSPS) is 22.3. The molecule has 0 aromatic heterocycles. The van der Waals surface area contributed by atoms with Crippen LogP contribution in [-0.4, -0.2) is 6.04 Å². The Balaban J connectivity index is 1.59. The van der Waals surface area contributed by atoms with E-state index in [0.717, 1.165) is 24.1 Å². The SMILES string of the molecule is Fc1ccccc1C1CC(Nc2ccccc2)C1. The molecule has 0 spiro atoms. The van der Waals surface area contributed by atoms with Crippen LogP contribution in [0.3, 0.4) is 0 Å². The second-order valence-corrected chi connectivity index (χ2v) is 4.90. The largest absolute Gasteiger partial charge is 0.382 e. The average Bonchev–Trinajstić information content (AvgIpc) is 2.36. The fourth-order valence-electron chi connectivity index (χ4n) is 2.57. The molecule has 0 bridgehead atoms. The lowest BCUT2D eigenvalue weighted by Gasteiger charge is -2.37. The molecule has 2 heteroatoms. The summed E-state index contributed by atoms with van der Waals surface area (Å²) in [6.07, 6.45) is 2.02. The van der Waals surface area contributed by atoms with Crippen molar-refractivity contribution in [2.75, 3.05) is 5.32 Å². The maximum absolute atomic E-state index is 13.6. The van der Waals surface area contributed by atoms with Crippen LogP contribution < -0.4 is 5.32 Å². The Morgan fingerprint density at radius 1 is 0.889 bits per heavy atom. The average molecular weight is 241 g/mol. The lowest BCUT2D eigenvalue weighted by Crippen LogP contribution is -2.34. The molecule has 1 fully saturated rings. The topological polar surface area (TPSA) is 12.0 Å². The molecule has 1 saturated carbocycles. The molecule has 1 N–H and O–H groups in total. The first kappa shape index (κ1) is 11.3. The van der Waals surface area contributed by atoms with E-state index < -0.39 is 0 Å². The van der Waals surface area contributed by atoms with Crippen molar-refractivity contribution in [2.45, 2.75) is 24.8 Å². The van der Waals surface area contributed by atoms with Crippen molar-refractivity contribution in [1.82, 2.24) is 0 Å². The van der Waals surface area contributed by atoms with E-state index in [0.29, 0.717) is 12.0 Å². The van der Waals surface area contributed by atoms with Crippen LogP contribution in [0.25, 0.3) is 0 Å². The number of nitrogens with one attached hydrogen (secondary N) is 1. The molecule has 0 amide bonds. The molecule has 1 aliphatic rings. The summed E-state index contributed by atoms with van der Waals surface area (Å²) in [4.78, 5) is 0. The van der Waals surface area contributed by atoms with Crippen molar-refractivity contribution in [3.63, 3.8) is 0 Å². The molecule has 3 rings (SSSR count). The van der Waals surface area contributed by atoms with E-state index in [2.05, 4.69) is 17.4 Å². The van der Waals surface area contributed by atoms with Gasteiger partial charge < -0.3 is 5.32 Å². The lowest BCUT2D eigenvalue weighted by molar-refractivity contribution is 0.363. The molecule has 2 aromatic carbocycles. The Morgan fingerprint density at radius 3 is 2.28 bits per heavy atom. The van der Waals surface area contributed by atoms with Gasteiger partial charge in [-0.15, -0.1) is 0 Å². The molecular formula is C16H16FN. The van der Waals surface area contributed by atoms with Crippen molar-refractivity contribution in [2.24, 2.45) is 0 Å². The molecule has 1 aliphatic carbocycles. The number of anilines is 1. The fraction of sp³-hybridized carbons (Fsp3) is 0.250. The highest BCUT2D eigenvalue weighted by Crippen LogP contribution is 2.39. The third-order valence-electron chi connectivity index (χ3n) is 3.63. The molecule has 2 aromatic rings. The van der Waals surface area contributed by atoms with Gasteiger partial charge in [0.05, 0.1) is 0 Å². The van der Waals surface area contributed by atoms with Crippen molar-refractivity contribution in [1.29, 1.82) is 0 Å². The third-order valence-corrected chi connectivity index (χ3v) is 3.63. The number of hydrogen-bond donors (Lipinski definition) is 1. The number of benzene rings is 2. The zero-order valence-electron chi connectivity index (χ0n) is 10.1.